The average Bonchev–Trinajstić information content (AvgIpc) is 3.04. The lowest BCUT2D eigenvalue weighted by molar-refractivity contribution is -0.151. The molecule has 3 rings (SSSR count). The molecule has 0 unspecified atom stereocenters. The Hall–Kier alpha value is -2.86. The van der Waals surface area contributed by atoms with Crippen LogP contribution in [0.3, 0.4) is 0 Å². The first kappa shape index (κ1) is 20.9. The van der Waals surface area contributed by atoms with Gasteiger partial charge in [0.1, 0.15) is 0 Å². The minimum Gasteiger partial charge on any atom is -0.455 e. The molecule has 1 atom stereocenters. The summed E-state index contributed by atoms with van der Waals surface area (Å²) in [5, 5.41) is 3.17. The van der Waals surface area contributed by atoms with Gasteiger partial charge in [0.25, 0.3) is 5.91 Å². The van der Waals surface area contributed by atoms with Gasteiger partial charge >= 0.3 is 5.97 Å². The number of carbonyl (C=O) groups excluding carboxylic acids is 3. The van der Waals surface area contributed by atoms with Crippen molar-refractivity contribution in [1.82, 2.24) is 0 Å². The van der Waals surface area contributed by atoms with Crippen LogP contribution in [-0.4, -0.2) is 30.9 Å². The van der Waals surface area contributed by atoms with Gasteiger partial charge in [0.2, 0.25) is 5.91 Å². The average molecular weight is 415 g/mol. The molecule has 1 aliphatic rings. The van der Waals surface area contributed by atoms with Crippen molar-refractivity contribution in [2.24, 2.45) is 5.92 Å². The molecule has 0 saturated carbocycles. The van der Waals surface area contributed by atoms with E-state index >= 15 is 0 Å². The summed E-state index contributed by atoms with van der Waals surface area (Å²) >= 11 is 6.04. The number of para-hydroxylation sites is 1. The van der Waals surface area contributed by atoms with Crippen molar-refractivity contribution in [1.29, 1.82) is 0 Å². The Labute approximate surface area is 174 Å². The Balaban J connectivity index is 1.56. The molecule has 7 heteroatoms. The maximum absolute atomic E-state index is 12.5. The van der Waals surface area contributed by atoms with E-state index in [4.69, 9.17) is 16.3 Å². The molecule has 152 valence electrons. The lowest BCUT2D eigenvalue weighted by Crippen LogP contribution is -2.29. The van der Waals surface area contributed by atoms with Crippen LogP contribution < -0.4 is 10.2 Å². The smallest absolute Gasteiger partial charge is 0.311 e. The molecule has 0 radical (unpaired) electrons. The molecule has 2 aromatic carbocycles. The van der Waals surface area contributed by atoms with Gasteiger partial charge in [0, 0.05) is 29.4 Å². The molecule has 1 saturated heterocycles. The van der Waals surface area contributed by atoms with E-state index in [9.17, 15) is 14.4 Å². The van der Waals surface area contributed by atoms with Gasteiger partial charge in [-0.1, -0.05) is 35.9 Å². The van der Waals surface area contributed by atoms with Crippen molar-refractivity contribution in [2.45, 2.75) is 27.2 Å². The zero-order valence-corrected chi connectivity index (χ0v) is 17.4. The van der Waals surface area contributed by atoms with Crippen molar-refractivity contribution in [3.05, 3.63) is 58.1 Å². The van der Waals surface area contributed by atoms with Crippen molar-refractivity contribution < 1.29 is 19.1 Å². The Bertz CT molecular complexity index is 953. The van der Waals surface area contributed by atoms with Crippen molar-refractivity contribution in [3.63, 3.8) is 0 Å². The van der Waals surface area contributed by atoms with Gasteiger partial charge in [-0.3, -0.25) is 14.4 Å². The van der Waals surface area contributed by atoms with E-state index in [1.165, 1.54) is 0 Å². The summed E-state index contributed by atoms with van der Waals surface area (Å²) in [5.41, 5.74) is 4.21. The van der Waals surface area contributed by atoms with E-state index in [0.29, 0.717) is 10.7 Å². The molecule has 0 spiro atoms. The first-order valence-electron chi connectivity index (χ1n) is 9.35. The summed E-state index contributed by atoms with van der Waals surface area (Å²) in [6, 6.07) is 10.9. The number of nitrogens with one attached hydrogen (secondary N) is 1. The number of rotatable bonds is 5. The maximum Gasteiger partial charge on any atom is 0.311 e. The number of ether oxygens (including phenoxy) is 1. The number of amides is 2. The maximum atomic E-state index is 12.5. The van der Waals surface area contributed by atoms with Crippen LogP contribution >= 0.6 is 11.6 Å². The second kappa shape index (κ2) is 8.66. The van der Waals surface area contributed by atoms with Gasteiger partial charge in [-0.25, -0.2) is 0 Å². The van der Waals surface area contributed by atoms with Gasteiger partial charge < -0.3 is 15.0 Å². The molecule has 1 aliphatic heterocycles. The first-order valence-corrected chi connectivity index (χ1v) is 9.73. The lowest BCUT2D eigenvalue weighted by atomic mass is 10.1. The molecular formula is C22H23ClN2O4. The number of hydrogen-bond donors (Lipinski definition) is 1. The van der Waals surface area contributed by atoms with Gasteiger partial charge in [-0.05, 0) is 49.6 Å². The van der Waals surface area contributed by atoms with Crippen LogP contribution in [0, 0.1) is 26.7 Å². The van der Waals surface area contributed by atoms with E-state index in [2.05, 4.69) is 5.32 Å². The van der Waals surface area contributed by atoms with E-state index in [-0.39, 0.29) is 18.9 Å². The van der Waals surface area contributed by atoms with E-state index in [0.717, 1.165) is 22.4 Å². The largest absolute Gasteiger partial charge is 0.455 e. The topological polar surface area (TPSA) is 75.7 Å². The molecule has 2 amide bonds. The van der Waals surface area contributed by atoms with Gasteiger partial charge in [-0.15, -0.1) is 0 Å². The third kappa shape index (κ3) is 4.77. The zero-order chi connectivity index (χ0) is 21.1. The second-order valence-corrected chi connectivity index (χ2v) is 7.67. The zero-order valence-electron chi connectivity index (χ0n) is 16.6. The number of esters is 1. The summed E-state index contributed by atoms with van der Waals surface area (Å²) in [4.78, 5) is 38.5. The highest BCUT2D eigenvalue weighted by molar-refractivity contribution is 6.31. The molecule has 29 heavy (non-hydrogen) atoms. The summed E-state index contributed by atoms with van der Waals surface area (Å²) in [6.07, 6.45) is 0.0712. The number of benzene rings is 2. The molecule has 1 fully saturated rings. The number of halogens is 1. The van der Waals surface area contributed by atoms with Crippen molar-refractivity contribution in [2.75, 3.05) is 23.4 Å². The molecule has 0 aliphatic carbocycles. The Kier molecular flexibility index (Phi) is 6.23. The van der Waals surface area contributed by atoms with Crippen LogP contribution in [0.25, 0.3) is 0 Å². The number of anilines is 2. The fourth-order valence-electron chi connectivity index (χ4n) is 3.44. The lowest BCUT2D eigenvalue weighted by Gasteiger charge is -2.21. The minimum absolute atomic E-state index is 0.0712. The minimum atomic E-state index is -0.594. The predicted octanol–water partition coefficient (Wildman–Crippen LogP) is 3.80. The molecule has 6 nitrogen and oxygen atoms in total. The molecular weight excluding hydrogens is 392 g/mol. The standard InChI is InChI=1S/C22H23ClN2O4/c1-13-7-8-17(10-18(13)23)24-19(26)12-29-22(28)16-9-20(27)25(11-16)21-14(2)5-4-6-15(21)3/h4-8,10,16H,9,11-12H2,1-3H3,(H,24,26)/t16-/m1/s1. The third-order valence-electron chi connectivity index (χ3n) is 4.97. The van der Waals surface area contributed by atoms with Crippen LogP contribution in [0.1, 0.15) is 23.1 Å². The van der Waals surface area contributed by atoms with E-state index < -0.39 is 24.4 Å². The monoisotopic (exact) mass is 414 g/mol. The quantitative estimate of drug-likeness (QED) is 0.755. The Morgan fingerprint density at radius 1 is 1.14 bits per heavy atom. The van der Waals surface area contributed by atoms with Crippen LogP contribution in [0.2, 0.25) is 5.02 Å². The Morgan fingerprint density at radius 2 is 1.83 bits per heavy atom. The summed E-state index contributed by atoms with van der Waals surface area (Å²) in [6.45, 7) is 5.56. The molecule has 1 N–H and O–H groups in total. The first-order chi connectivity index (χ1) is 13.8. The van der Waals surface area contributed by atoms with Crippen molar-refractivity contribution >= 4 is 40.8 Å². The number of carbonyl (C=O) groups is 3. The summed E-state index contributed by atoms with van der Waals surface area (Å²) in [7, 11) is 0. The fraction of sp³-hybridized carbons (Fsp3) is 0.318. The predicted molar refractivity (Wildman–Crippen MR) is 112 cm³/mol. The van der Waals surface area contributed by atoms with Crippen molar-refractivity contribution in [3.8, 4) is 0 Å². The summed E-state index contributed by atoms with van der Waals surface area (Å²) in [5.74, 6) is -1.73. The third-order valence-corrected chi connectivity index (χ3v) is 5.38. The number of hydrogen-bond acceptors (Lipinski definition) is 4. The SMILES string of the molecule is Cc1ccc(NC(=O)COC(=O)[C@@H]2CC(=O)N(c3c(C)cccc3C)C2)cc1Cl. The normalized spacial score (nSPS) is 16.1. The van der Waals surface area contributed by atoms with Gasteiger partial charge in [0.05, 0.1) is 5.92 Å². The molecule has 0 aromatic heterocycles. The van der Waals surface area contributed by atoms with E-state index in [1.807, 2.05) is 39.0 Å². The molecule has 1 heterocycles. The summed E-state index contributed by atoms with van der Waals surface area (Å²) < 4.78 is 5.14. The van der Waals surface area contributed by atoms with E-state index in [1.54, 1.807) is 23.1 Å². The van der Waals surface area contributed by atoms with Crippen LogP contribution in [0.4, 0.5) is 11.4 Å². The number of nitrogens with zero attached hydrogens (tertiary/aromatic N) is 1. The number of aryl methyl sites for hydroxylation is 3. The highest BCUT2D eigenvalue weighted by Gasteiger charge is 2.37. The van der Waals surface area contributed by atoms with Crippen LogP contribution in [0.15, 0.2) is 36.4 Å². The van der Waals surface area contributed by atoms with Gasteiger partial charge in [0.15, 0.2) is 6.61 Å². The Morgan fingerprint density at radius 3 is 2.48 bits per heavy atom. The molecule has 2 aromatic rings. The highest BCUT2D eigenvalue weighted by atomic mass is 35.5. The molecule has 0 bridgehead atoms. The second-order valence-electron chi connectivity index (χ2n) is 7.27. The van der Waals surface area contributed by atoms with Crippen LogP contribution in [0.5, 0.6) is 0 Å². The van der Waals surface area contributed by atoms with Crippen LogP contribution in [-0.2, 0) is 19.1 Å². The fourth-order valence-corrected chi connectivity index (χ4v) is 3.62. The van der Waals surface area contributed by atoms with Gasteiger partial charge in [-0.2, -0.15) is 0 Å². The highest BCUT2D eigenvalue weighted by Crippen LogP contribution is 2.31.